The molecule has 17 heavy (non-hydrogen) atoms. The van der Waals surface area contributed by atoms with Gasteiger partial charge in [-0.3, -0.25) is 0 Å². The Morgan fingerprint density at radius 2 is 2.06 bits per heavy atom. The van der Waals surface area contributed by atoms with Crippen LogP contribution in [0.15, 0.2) is 12.2 Å². The minimum atomic E-state index is 0.237. The van der Waals surface area contributed by atoms with Crippen molar-refractivity contribution in [2.24, 2.45) is 0 Å². The highest BCUT2D eigenvalue weighted by Gasteiger charge is 2.12. The Hall–Kier alpha value is -1.58. The van der Waals surface area contributed by atoms with Crippen molar-refractivity contribution in [3.8, 4) is 5.88 Å². The van der Waals surface area contributed by atoms with E-state index in [-0.39, 0.29) is 5.92 Å². The second-order valence-electron chi connectivity index (χ2n) is 4.61. The molecule has 0 aliphatic rings. The topological polar surface area (TPSA) is 61.0 Å². The summed E-state index contributed by atoms with van der Waals surface area (Å²) in [5.74, 6) is 2.04. The van der Waals surface area contributed by atoms with Gasteiger partial charge in [-0.1, -0.05) is 19.4 Å². The number of ether oxygens (including phenoxy) is 1. The molecular formula is C13H21N3O. The number of hydrogen-bond donors (Lipinski definition) is 1. The molecule has 94 valence electrons. The second-order valence-corrected chi connectivity index (χ2v) is 4.61. The van der Waals surface area contributed by atoms with Crippen LogP contribution in [-0.4, -0.2) is 16.6 Å². The highest BCUT2D eigenvalue weighted by molar-refractivity contribution is 5.44. The molecule has 0 atom stereocenters. The van der Waals surface area contributed by atoms with Crippen LogP contribution in [0.1, 0.15) is 44.5 Å². The summed E-state index contributed by atoms with van der Waals surface area (Å²) in [4.78, 5) is 8.63. The van der Waals surface area contributed by atoms with Crippen molar-refractivity contribution in [3.63, 3.8) is 0 Å². The number of aromatic nitrogens is 2. The predicted molar refractivity (Wildman–Crippen MR) is 70.2 cm³/mol. The minimum Gasteiger partial charge on any atom is -0.477 e. The largest absolute Gasteiger partial charge is 0.477 e. The lowest BCUT2D eigenvalue weighted by molar-refractivity contribution is 0.305. The number of anilines is 1. The number of nitrogen functional groups attached to an aromatic ring is 1. The fraction of sp³-hybridized carbons (Fsp3) is 0.538. The zero-order chi connectivity index (χ0) is 13.0. The summed E-state index contributed by atoms with van der Waals surface area (Å²) in [5, 5.41) is 0. The van der Waals surface area contributed by atoms with E-state index in [0.717, 1.165) is 23.4 Å². The SMILES string of the molecule is C=C(C)CCOc1nc(C(C)C)nc(N)c1C. The van der Waals surface area contributed by atoms with Crippen molar-refractivity contribution in [3.05, 3.63) is 23.5 Å². The third-order valence-electron chi connectivity index (χ3n) is 2.44. The first-order chi connectivity index (χ1) is 7.91. The molecule has 0 spiro atoms. The van der Waals surface area contributed by atoms with E-state index in [1.807, 2.05) is 27.7 Å². The first-order valence-electron chi connectivity index (χ1n) is 5.83. The van der Waals surface area contributed by atoms with Crippen molar-refractivity contribution in [1.82, 2.24) is 9.97 Å². The van der Waals surface area contributed by atoms with Crippen LogP contribution in [-0.2, 0) is 0 Å². The van der Waals surface area contributed by atoms with Gasteiger partial charge in [0.2, 0.25) is 5.88 Å². The van der Waals surface area contributed by atoms with E-state index in [1.165, 1.54) is 0 Å². The summed E-state index contributed by atoms with van der Waals surface area (Å²) in [5.41, 5.74) is 7.74. The zero-order valence-electron chi connectivity index (χ0n) is 11.1. The Morgan fingerprint density at radius 1 is 1.41 bits per heavy atom. The maximum absolute atomic E-state index is 5.84. The molecule has 0 unspecified atom stereocenters. The summed E-state index contributed by atoms with van der Waals surface area (Å²) < 4.78 is 5.63. The predicted octanol–water partition coefficient (Wildman–Crippen LogP) is 2.84. The van der Waals surface area contributed by atoms with Gasteiger partial charge in [0.15, 0.2) is 0 Å². The summed E-state index contributed by atoms with van der Waals surface area (Å²) in [6.45, 7) is 12.3. The molecule has 2 N–H and O–H groups in total. The Morgan fingerprint density at radius 3 is 2.59 bits per heavy atom. The maximum Gasteiger partial charge on any atom is 0.221 e. The molecule has 0 fully saturated rings. The van der Waals surface area contributed by atoms with E-state index in [9.17, 15) is 0 Å². The van der Waals surface area contributed by atoms with Gasteiger partial charge < -0.3 is 10.5 Å². The first kappa shape index (κ1) is 13.5. The molecule has 0 amide bonds. The summed E-state index contributed by atoms with van der Waals surface area (Å²) in [6.07, 6.45) is 0.820. The van der Waals surface area contributed by atoms with E-state index in [2.05, 4.69) is 16.5 Å². The van der Waals surface area contributed by atoms with Gasteiger partial charge in [0.1, 0.15) is 11.6 Å². The molecular weight excluding hydrogens is 214 g/mol. The molecule has 0 bridgehead atoms. The number of rotatable bonds is 5. The second kappa shape index (κ2) is 5.66. The summed E-state index contributed by atoms with van der Waals surface area (Å²) in [6, 6.07) is 0. The van der Waals surface area contributed by atoms with Gasteiger partial charge in [-0.2, -0.15) is 4.98 Å². The zero-order valence-corrected chi connectivity index (χ0v) is 11.1. The lowest BCUT2D eigenvalue weighted by Crippen LogP contribution is -2.09. The standard InChI is InChI=1S/C13H21N3O/c1-8(2)6-7-17-13-10(5)11(14)15-12(16-13)9(3)4/h9H,1,6-7H2,2-5H3,(H2,14,15,16). The third kappa shape index (κ3) is 3.73. The van der Waals surface area contributed by atoms with Gasteiger partial charge in [0.05, 0.1) is 12.2 Å². The molecule has 1 aromatic rings. The molecule has 1 heterocycles. The summed E-state index contributed by atoms with van der Waals surface area (Å²) >= 11 is 0. The molecule has 1 aromatic heterocycles. The van der Waals surface area contributed by atoms with Crippen LogP contribution < -0.4 is 10.5 Å². The normalized spacial score (nSPS) is 10.6. The van der Waals surface area contributed by atoms with Crippen LogP contribution in [0, 0.1) is 6.92 Å². The summed E-state index contributed by atoms with van der Waals surface area (Å²) in [7, 11) is 0. The Kier molecular flexibility index (Phi) is 4.49. The van der Waals surface area contributed by atoms with Gasteiger partial charge in [0.25, 0.3) is 0 Å². The van der Waals surface area contributed by atoms with Crippen LogP contribution in [0.4, 0.5) is 5.82 Å². The lowest BCUT2D eigenvalue weighted by Gasteiger charge is -2.12. The van der Waals surface area contributed by atoms with Crippen molar-refractivity contribution in [2.75, 3.05) is 12.3 Å². The Bertz CT molecular complexity index is 413. The van der Waals surface area contributed by atoms with Crippen molar-refractivity contribution < 1.29 is 4.74 Å². The van der Waals surface area contributed by atoms with Gasteiger partial charge in [0, 0.05) is 12.3 Å². The smallest absolute Gasteiger partial charge is 0.221 e. The fourth-order valence-electron chi connectivity index (χ4n) is 1.25. The Labute approximate surface area is 103 Å². The van der Waals surface area contributed by atoms with Crippen molar-refractivity contribution >= 4 is 5.82 Å². The van der Waals surface area contributed by atoms with Gasteiger partial charge in [-0.05, 0) is 13.8 Å². The molecule has 0 radical (unpaired) electrons. The van der Waals surface area contributed by atoms with Crippen molar-refractivity contribution in [1.29, 1.82) is 0 Å². The van der Waals surface area contributed by atoms with E-state index in [1.54, 1.807) is 0 Å². The molecule has 0 aliphatic heterocycles. The van der Waals surface area contributed by atoms with Crippen LogP contribution in [0.25, 0.3) is 0 Å². The molecule has 0 aliphatic carbocycles. The van der Waals surface area contributed by atoms with Crippen LogP contribution >= 0.6 is 0 Å². The average molecular weight is 235 g/mol. The maximum atomic E-state index is 5.84. The molecule has 4 nitrogen and oxygen atoms in total. The lowest BCUT2D eigenvalue weighted by atomic mass is 10.2. The Balaban J connectivity index is 2.86. The molecule has 0 aromatic carbocycles. The van der Waals surface area contributed by atoms with Gasteiger partial charge >= 0.3 is 0 Å². The van der Waals surface area contributed by atoms with E-state index >= 15 is 0 Å². The number of nitrogens with two attached hydrogens (primary N) is 1. The fourth-order valence-corrected chi connectivity index (χ4v) is 1.25. The molecule has 0 saturated carbocycles. The number of nitrogens with zero attached hydrogens (tertiary/aromatic N) is 2. The average Bonchev–Trinajstić information content (AvgIpc) is 2.23. The van der Waals surface area contributed by atoms with Crippen LogP contribution in [0.3, 0.4) is 0 Å². The molecule has 0 saturated heterocycles. The number of hydrogen-bond acceptors (Lipinski definition) is 4. The molecule has 1 rings (SSSR count). The quantitative estimate of drug-likeness (QED) is 0.797. The first-order valence-corrected chi connectivity index (χ1v) is 5.83. The van der Waals surface area contributed by atoms with Crippen molar-refractivity contribution in [2.45, 2.75) is 40.0 Å². The molecule has 4 heteroatoms. The monoisotopic (exact) mass is 235 g/mol. The van der Waals surface area contributed by atoms with Crippen LogP contribution in [0.5, 0.6) is 5.88 Å². The highest BCUT2D eigenvalue weighted by Crippen LogP contribution is 2.22. The highest BCUT2D eigenvalue weighted by atomic mass is 16.5. The minimum absolute atomic E-state index is 0.237. The van der Waals surface area contributed by atoms with E-state index in [0.29, 0.717) is 18.3 Å². The van der Waals surface area contributed by atoms with Crippen LogP contribution in [0.2, 0.25) is 0 Å². The van der Waals surface area contributed by atoms with Gasteiger partial charge in [-0.15, -0.1) is 6.58 Å². The van der Waals surface area contributed by atoms with E-state index < -0.39 is 0 Å². The van der Waals surface area contributed by atoms with Gasteiger partial charge in [-0.25, -0.2) is 4.98 Å². The third-order valence-corrected chi connectivity index (χ3v) is 2.44. The van der Waals surface area contributed by atoms with E-state index in [4.69, 9.17) is 10.5 Å².